The third kappa shape index (κ3) is 2.10. The van der Waals surface area contributed by atoms with Crippen LogP contribution in [-0.4, -0.2) is 23.4 Å². The van der Waals surface area contributed by atoms with Crippen molar-refractivity contribution >= 4 is 0 Å². The standard InChI is InChI=1S/C12H18O2/c1-2-3-4-5-6-7-9-10(13)8-11-12(9)14-11/h9-13H,2-4,7-8H2,1H3/t9-,10+,11-,12+/m0/s1. The summed E-state index contributed by atoms with van der Waals surface area (Å²) in [5.74, 6) is 6.60. The Morgan fingerprint density at radius 1 is 1.43 bits per heavy atom. The quantitative estimate of drug-likeness (QED) is 0.421. The van der Waals surface area contributed by atoms with Crippen LogP contribution in [0, 0.1) is 17.8 Å². The van der Waals surface area contributed by atoms with Gasteiger partial charge in [-0.15, -0.1) is 11.8 Å². The molecule has 2 rings (SSSR count). The summed E-state index contributed by atoms with van der Waals surface area (Å²) in [6, 6.07) is 0. The highest BCUT2D eigenvalue weighted by Crippen LogP contribution is 2.44. The van der Waals surface area contributed by atoms with Gasteiger partial charge in [0.05, 0.1) is 18.3 Å². The van der Waals surface area contributed by atoms with E-state index in [0.29, 0.717) is 12.2 Å². The first kappa shape index (κ1) is 10.0. The predicted octanol–water partition coefficient (Wildman–Crippen LogP) is 1.72. The first-order chi connectivity index (χ1) is 6.83. The lowest BCUT2D eigenvalue weighted by molar-refractivity contribution is 0.0769. The SMILES string of the molecule is CCCCC#CC[C@@H]1[C@H]2O[C@H]2C[C@H]1O. The van der Waals surface area contributed by atoms with Gasteiger partial charge in [-0.05, 0) is 6.42 Å². The van der Waals surface area contributed by atoms with Crippen molar-refractivity contribution in [2.75, 3.05) is 0 Å². The molecule has 0 amide bonds. The zero-order valence-corrected chi connectivity index (χ0v) is 8.70. The molecule has 0 spiro atoms. The molecular formula is C12H18O2. The van der Waals surface area contributed by atoms with Gasteiger partial charge in [-0.2, -0.15) is 0 Å². The monoisotopic (exact) mass is 194 g/mol. The van der Waals surface area contributed by atoms with Crippen LogP contribution in [0.1, 0.15) is 39.0 Å². The maximum absolute atomic E-state index is 9.64. The second-order valence-corrected chi connectivity index (χ2v) is 4.27. The normalized spacial score (nSPS) is 38.7. The first-order valence-electron chi connectivity index (χ1n) is 5.62. The van der Waals surface area contributed by atoms with Gasteiger partial charge in [-0.3, -0.25) is 0 Å². The largest absolute Gasteiger partial charge is 0.393 e. The summed E-state index contributed by atoms with van der Waals surface area (Å²) < 4.78 is 5.39. The molecule has 2 fully saturated rings. The van der Waals surface area contributed by atoms with E-state index in [9.17, 15) is 5.11 Å². The van der Waals surface area contributed by atoms with Crippen LogP contribution < -0.4 is 0 Å². The van der Waals surface area contributed by atoms with E-state index >= 15 is 0 Å². The molecule has 14 heavy (non-hydrogen) atoms. The van der Waals surface area contributed by atoms with E-state index in [1.54, 1.807) is 0 Å². The van der Waals surface area contributed by atoms with Gasteiger partial charge in [0, 0.05) is 25.2 Å². The van der Waals surface area contributed by atoms with E-state index in [0.717, 1.165) is 19.3 Å². The van der Waals surface area contributed by atoms with Crippen LogP contribution >= 0.6 is 0 Å². The average molecular weight is 194 g/mol. The molecule has 1 saturated heterocycles. The number of fused-ring (bicyclic) bond motifs is 1. The first-order valence-corrected chi connectivity index (χ1v) is 5.62. The molecule has 1 N–H and O–H groups in total. The molecule has 0 unspecified atom stereocenters. The van der Waals surface area contributed by atoms with Crippen LogP contribution in [0.4, 0.5) is 0 Å². The molecule has 2 heteroatoms. The molecule has 4 atom stereocenters. The van der Waals surface area contributed by atoms with Crippen molar-refractivity contribution in [3.05, 3.63) is 0 Å². The van der Waals surface area contributed by atoms with Gasteiger partial charge >= 0.3 is 0 Å². The molecular weight excluding hydrogens is 176 g/mol. The second kappa shape index (κ2) is 4.33. The van der Waals surface area contributed by atoms with Crippen LogP contribution in [0.2, 0.25) is 0 Å². The number of aliphatic hydroxyl groups excluding tert-OH is 1. The van der Waals surface area contributed by atoms with Gasteiger partial charge < -0.3 is 9.84 Å². The predicted molar refractivity (Wildman–Crippen MR) is 54.7 cm³/mol. The molecule has 2 aliphatic rings. The van der Waals surface area contributed by atoms with Crippen LogP contribution in [-0.2, 0) is 4.74 Å². The molecule has 0 aromatic carbocycles. The Hall–Kier alpha value is -0.520. The minimum absolute atomic E-state index is 0.167. The topological polar surface area (TPSA) is 32.8 Å². The molecule has 0 aromatic rings. The van der Waals surface area contributed by atoms with E-state index < -0.39 is 0 Å². The fraction of sp³-hybridized carbons (Fsp3) is 0.833. The third-order valence-corrected chi connectivity index (χ3v) is 3.13. The molecule has 78 valence electrons. The lowest BCUT2D eigenvalue weighted by atomic mass is 10.0. The Morgan fingerprint density at radius 2 is 2.29 bits per heavy atom. The smallest absolute Gasteiger partial charge is 0.0904 e. The van der Waals surface area contributed by atoms with Crippen LogP contribution in [0.3, 0.4) is 0 Å². The lowest BCUT2D eigenvalue weighted by Gasteiger charge is -2.12. The summed E-state index contributed by atoms with van der Waals surface area (Å²) in [7, 11) is 0. The van der Waals surface area contributed by atoms with Gasteiger partial charge in [0.2, 0.25) is 0 Å². The van der Waals surface area contributed by atoms with E-state index in [4.69, 9.17) is 4.74 Å². The van der Waals surface area contributed by atoms with Gasteiger partial charge in [0.1, 0.15) is 0 Å². The average Bonchev–Trinajstić information content (AvgIpc) is 2.84. The fourth-order valence-corrected chi connectivity index (χ4v) is 2.15. The third-order valence-electron chi connectivity index (χ3n) is 3.13. The van der Waals surface area contributed by atoms with E-state index in [1.807, 2.05) is 0 Å². The molecule has 1 heterocycles. The van der Waals surface area contributed by atoms with E-state index in [1.165, 1.54) is 12.8 Å². The molecule has 0 bridgehead atoms. The Kier molecular flexibility index (Phi) is 3.10. The zero-order chi connectivity index (χ0) is 9.97. The van der Waals surface area contributed by atoms with Crippen LogP contribution in [0.5, 0.6) is 0 Å². The Balaban J connectivity index is 1.71. The van der Waals surface area contributed by atoms with Crippen molar-refractivity contribution in [1.82, 2.24) is 0 Å². The number of hydrogen-bond acceptors (Lipinski definition) is 2. The van der Waals surface area contributed by atoms with Gasteiger partial charge in [0.15, 0.2) is 0 Å². The maximum atomic E-state index is 9.64. The molecule has 2 nitrogen and oxygen atoms in total. The highest BCUT2D eigenvalue weighted by molar-refractivity contribution is 5.09. The number of rotatable bonds is 3. The molecule has 0 aromatic heterocycles. The van der Waals surface area contributed by atoms with Crippen LogP contribution in [0.25, 0.3) is 0 Å². The van der Waals surface area contributed by atoms with Gasteiger partial charge in [-0.1, -0.05) is 13.3 Å². The van der Waals surface area contributed by atoms with Crippen LogP contribution in [0.15, 0.2) is 0 Å². The lowest BCUT2D eigenvalue weighted by Crippen LogP contribution is -2.19. The Bertz CT molecular complexity index is 249. The summed E-state index contributed by atoms with van der Waals surface area (Å²) >= 11 is 0. The summed E-state index contributed by atoms with van der Waals surface area (Å²) in [5.41, 5.74) is 0. The number of hydrogen-bond donors (Lipinski definition) is 1. The summed E-state index contributed by atoms with van der Waals surface area (Å²) in [4.78, 5) is 0. The Morgan fingerprint density at radius 3 is 2.93 bits per heavy atom. The van der Waals surface area contributed by atoms with Gasteiger partial charge in [0.25, 0.3) is 0 Å². The van der Waals surface area contributed by atoms with Gasteiger partial charge in [-0.25, -0.2) is 0 Å². The number of ether oxygens (including phenoxy) is 1. The fourth-order valence-electron chi connectivity index (χ4n) is 2.15. The van der Waals surface area contributed by atoms with Crippen molar-refractivity contribution in [1.29, 1.82) is 0 Å². The number of epoxide rings is 1. The highest BCUT2D eigenvalue weighted by atomic mass is 16.6. The Labute approximate surface area is 85.6 Å². The molecule has 1 aliphatic carbocycles. The van der Waals surface area contributed by atoms with Crippen molar-refractivity contribution in [2.45, 2.75) is 57.3 Å². The van der Waals surface area contributed by atoms with E-state index in [2.05, 4.69) is 18.8 Å². The maximum Gasteiger partial charge on any atom is 0.0904 e. The minimum Gasteiger partial charge on any atom is -0.393 e. The summed E-state index contributed by atoms with van der Waals surface area (Å²) in [5, 5.41) is 9.64. The summed E-state index contributed by atoms with van der Waals surface area (Å²) in [6.07, 6.45) is 5.53. The van der Waals surface area contributed by atoms with E-state index in [-0.39, 0.29) is 12.0 Å². The van der Waals surface area contributed by atoms with Crippen molar-refractivity contribution < 1.29 is 9.84 Å². The second-order valence-electron chi connectivity index (χ2n) is 4.27. The number of aliphatic hydroxyl groups is 1. The zero-order valence-electron chi connectivity index (χ0n) is 8.70. The van der Waals surface area contributed by atoms with Crippen molar-refractivity contribution in [3.8, 4) is 11.8 Å². The van der Waals surface area contributed by atoms with Crippen molar-refractivity contribution in [2.24, 2.45) is 5.92 Å². The minimum atomic E-state index is -0.167. The molecule has 1 aliphatic heterocycles. The molecule has 0 radical (unpaired) electrons. The summed E-state index contributed by atoms with van der Waals surface area (Å²) in [6.45, 7) is 2.17. The number of unbranched alkanes of at least 4 members (excludes halogenated alkanes) is 2. The molecule has 1 saturated carbocycles. The van der Waals surface area contributed by atoms with Crippen molar-refractivity contribution in [3.63, 3.8) is 0 Å². The highest BCUT2D eigenvalue weighted by Gasteiger charge is 2.54.